The molecule has 0 aromatic heterocycles. The third-order valence-corrected chi connectivity index (χ3v) is 1.23. The zero-order chi connectivity index (χ0) is 13.0. The number of phenols is 1. The summed E-state index contributed by atoms with van der Waals surface area (Å²) in [4.78, 5) is 10.8. The molecule has 0 unspecified atom stereocenters. The normalized spacial score (nSPS) is 7.35. The molecule has 4 nitrogen and oxygen atoms in total. The Morgan fingerprint density at radius 1 is 1.24 bits per heavy atom. The predicted molar refractivity (Wildman–Crippen MR) is 62.1 cm³/mol. The first-order chi connectivity index (χ1) is 7.65. The van der Waals surface area contributed by atoms with Crippen LogP contribution in [0.5, 0.6) is 5.75 Å². The summed E-state index contributed by atoms with van der Waals surface area (Å²) in [6.45, 7) is 4.25. The van der Waals surface area contributed by atoms with Crippen molar-refractivity contribution in [2.45, 2.75) is 20.3 Å². The van der Waals surface area contributed by atoms with Crippen molar-refractivity contribution in [3.63, 3.8) is 0 Å². The smallest absolute Gasteiger partial charge is 0.637 e. The number of ether oxygens (including phenoxy) is 1. The number of benzene rings is 1. The van der Waals surface area contributed by atoms with Crippen LogP contribution in [-0.4, -0.2) is 16.2 Å². The van der Waals surface area contributed by atoms with Crippen LogP contribution >= 0.6 is 0 Å². The number of carbonyl (C=O) groups is 1. The fourth-order valence-electron chi connectivity index (χ4n) is 0.681. The molecule has 0 spiro atoms. The van der Waals surface area contributed by atoms with Gasteiger partial charge in [-0.1, -0.05) is 20.3 Å². The van der Waals surface area contributed by atoms with Crippen molar-refractivity contribution in [1.29, 1.82) is 0 Å². The van der Waals surface area contributed by atoms with E-state index < -0.39 is 5.97 Å². The van der Waals surface area contributed by atoms with Gasteiger partial charge in [0.2, 0.25) is 0 Å². The first-order valence-corrected chi connectivity index (χ1v) is 4.72. The maximum atomic E-state index is 10.8. The zero-order valence-corrected chi connectivity index (χ0v) is 15.6. The monoisotopic (exact) mass is 311 g/mol. The molecule has 1 rings (SSSR count). The van der Waals surface area contributed by atoms with Gasteiger partial charge in [0.15, 0.2) is 0 Å². The summed E-state index contributed by atoms with van der Waals surface area (Å²) in [7, 11) is 5.22. The summed E-state index contributed by atoms with van der Waals surface area (Å²) in [5.41, 5.74) is 0.373. The van der Waals surface area contributed by atoms with Crippen LogP contribution in [0.25, 0.3) is 0 Å². The van der Waals surface area contributed by atoms with Gasteiger partial charge in [-0.25, -0.2) is 11.9 Å². The molecule has 0 saturated heterocycles. The Hall–Kier alpha value is 0.255. The van der Waals surface area contributed by atoms with E-state index in [1.54, 1.807) is 0 Å². The van der Waals surface area contributed by atoms with Crippen LogP contribution in [-0.2, 0) is 4.74 Å². The summed E-state index contributed by atoms with van der Waals surface area (Å²) in [5.74, 6) is -0.393. The van der Waals surface area contributed by atoms with E-state index in [0.717, 1.165) is 0 Å². The number of aliphatic hydroxyl groups is 1. The molecule has 0 atom stereocenters. The third kappa shape index (κ3) is 12.5. The van der Waals surface area contributed by atoms with E-state index in [4.69, 9.17) is 10.2 Å². The maximum Gasteiger partial charge on any atom is 1.00 e. The van der Waals surface area contributed by atoms with Crippen LogP contribution < -0.4 is 58.2 Å². The first kappa shape index (κ1) is 22.4. The molecule has 0 aliphatic rings. The van der Waals surface area contributed by atoms with Crippen molar-refractivity contribution in [2.75, 3.05) is 0 Å². The van der Waals surface area contributed by atoms with Gasteiger partial charge in [-0.15, -0.1) is 0 Å². The molecule has 0 heterocycles. The molecule has 0 radical (unpaired) electrons. The summed E-state index contributed by atoms with van der Waals surface area (Å²) in [5, 5.41) is 15.6. The minimum atomic E-state index is -0.509. The van der Waals surface area contributed by atoms with Crippen molar-refractivity contribution in [2.24, 2.45) is 0 Å². The van der Waals surface area contributed by atoms with E-state index in [2.05, 4.69) is 32.8 Å². The SMILES string of the molecule is CCC.[CH2-]O.[CH2-]OC(=O)c1ccc(O)cc1.[Rb+]. The molecule has 0 aliphatic heterocycles. The van der Waals surface area contributed by atoms with Gasteiger partial charge in [-0.05, 0) is 24.3 Å². The Morgan fingerprint density at radius 2 is 1.59 bits per heavy atom. The fraction of sp³-hybridized carbons (Fsp3) is 0.250. The van der Waals surface area contributed by atoms with Crippen molar-refractivity contribution in [1.82, 2.24) is 0 Å². The van der Waals surface area contributed by atoms with Crippen LogP contribution in [0.4, 0.5) is 0 Å². The quantitative estimate of drug-likeness (QED) is 0.562. The van der Waals surface area contributed by atoms with Gasteiger partial charge >= 0.3 is 64.2 Å². The number of phenolic OH excluding ortho intramolecular Hbond substituents is 1. The van der Waals surface area contributed by atoms with Crippen LogP contribution in [0.15, 0.2) is 24.3 Å². The summed E-state index contributed by atoms with van der Waals surface area (Å²) in [6, 6.07) is 5.74. The summed E-state index contributed by atoms with van der Waals surface area (Å²) < 4.78 is 4.21. The molecule has 0 fully saturated rings. The van der Waals surface area contributed by atoms with Crippen LogP contribution in [0.1, 0.15) is 30.6 Å². The topological polar surface area (TPSA) is 66.8 Å². The number of rotatable bonds is 1. The Kier molecular flexibility index (Phi) is 21.5. The van der Waals surface area contributed by atoms with Crippen LogP contribution in [0.2, 0.25) is 0 Å². The first-order valence-electron chi connectivity index (χ1n) is 4.72. The fourth-order valence-corrected chi connectivity index (χ4v) is 0.681. The van der Waals surface area contributed by atoms with Crippen molar-refractivity contribution >= 4 is 5.97 Å². The Bertz CT molecular complexity index is 272. The molecular weight excluding hydrogens is 294 g/mol. The molecule has 0 saturated carbocycles. The third-order valence-electron chi connectivity index (χ3n) is 1.23. The predicted octanol–water partition coefficient (Wildman–Crippen LogP) is -0.0886. The van der Waals surface area contributed by atoms with E-state index >= 15 is 0 Å². The van der Waals surface area contributed by atoms with E-state index in [1.807, 2.05) is 0 Å². The van der Waals surface area contributed by atoms with Gasteiger partial charge in [0.1, 0.15) is 5.75 Å². The van der Waals surface area contributed by atoms with E-state index in [9.17, 15) is 4.79 Å². The number of aromatic hydroxyl groups is 1. The van der Waals surface area contributed by atoms with Crippen molar-refractivity contribution in [3.8, 4) is 5.75 Å². The Labute approximate surface area is 152 Å². The molecule has 1 aromatic carbocycles. The second kappa shape index (κ2) is 16.3. The molecule has 0 bridgehead atoms. The molecule has 92 valence electrons. The van der Waals surface area contributed by atoms with Gasteiger partial charge in [-0.2, -0.15) is 7.11 Å². The van der Waals surface area contributed by atoms with Crippen molar-refractivity contribution < 1.29 is 77.9 Å². The summed E-state index contributed by atoms with van der Waals surface area (Å²) in [6.07, 6.45) is 1.25. The zero-order valence-electron chi connectivity index (χ0n) is 10.6. The minimum absolute atomic E-state index is 0. The van der Waals surface area contributed by atoms with Gasteiger partial charge in [-0.3, -0.25) is 0 Å². The van der Waals surface area contributed by atoms with E-state index in [-0.39, 0.29) is 63.9 Å². The average Bonchev–Trinajstić information content (AvgIpc) is 2.33. The Balaban J connectivity index is -0.000000286. The van der Waals surface area contributed by atoms with Gasteiger partial charge < -0.3 is 14.9 Å². The molecule has 2 N–H and O–H groups in total. The molecule has 17 heavy (non-hydrogen) atoms. The Morgan fingerprint density at radius 3 is 1.88 bits per heavy atom. The summed E-state index contributed by atoms with van der Waals surface area (Å²) >= 11 is 0. The van der Waals surface area contributed by atoms with E-state index in [0.29, 0.717) is 5.56 Å². The number of aliphatic hydroxyl groups excluding tert-OH is 1. The molecule has 1 aromatic rings. The second-order valence-corrected chi connectivity index (χ2v) is 2.69. The standard InChI is InChI=1S/C8H7O3.C3H8.CH3O.Rb/c1-11-8(10)6-2-4-7(9)5-3-6;1-3-2;1-2;/h2-5,9H,1H2;3H2,1-2H3;2H,1H2;/q-1;;-1;+1. The van der Waals surface area contributed by atoms with Crippen LogP contribution in [0.3, 0.4) is 0 Å². The number of hydrogen-bond acceptors (Lipinski definition) is 4. The second-order valence-electron chi connectivity index (χ2n) is 2.69. The number of esters is 1. The molecule has 0 aliphatic carbocycles. The van der Waals surface area contributed by atoms with Gasteiger partial charge in [0, 0.05) is 0 Å². The van der Waals surface area contributed by atoms with E-state index in [1.165, 1.54) is 30.7 Å². The van der Waals surface area contributed by atoms with Gasteiger partial charge in [0.25, 0.3) is 0 Å². The number of carbonyl (C=O) groups excluding carboxylic acids is 1. The molecule has 0 amide bonds. The molecule has 5 heteroatoms. The maximum absolute atomic E-state index is 10.8. The molecular formula is C12H18O4Rb-. The van der Waals surface area contributed by atoms with Crippen molar-refractivity contribution in [3.05, 3.63) is 44.0 Å². The number of hydrogen-bond donors (Lipinski definition) is 2. The average molecular weight is 312 g/mol. The van der Waals surface area contributed by atoms with Gasteiger partial charge in [0.05, 0.1) is 5.56 Å². The van der Waals surface area contributed by atoms with Crippen LogP contribution in [0, 0.1) is 14.2 Å². The minimum Gasteiger partial charge on any atom is -0.637 e. The largest absolute Gasteiger partial charge is 1.00 e.